The third-order valence-corrected chi connectivity index (χ3v) is 16.1. The first-order valence-corrected chi connectivity index (χ1v) is 31.5. The average molecular weight is 1360 g/mol. The highest BCUT2D eigenvalue weighted by molar-refractivity contribution is 7.11. The highest BCUT2D eigenvalue weighted by atomic mass is 35.5. The van der Waals surface area contributed by atoms with E-state index in [-0.39, 0.29) is 100 Å². The molecule has 0 aliphatic heterocycles. The van der Waals surface area contributed by atoms with E-state index in [1.54, 1.807) is 84.9 Å². The number of anilines is 8. The Morgan fingerprint density at radius 2 is 0.771 bits per heavy atom. The summed E-state index contributed by atoms with van der Waals surface area (Å²) in [4.78, 5) is 140. The molecule has 0 radical (unpaired) electrons. The number of nitrogens with zero attached hydrogens (tertiary/aromatic N) is 11. The van der Waals surface area contributed by atoms with Crippen molar-refractivity contribution < 1.29 is 47.9 Å². The van der Waals surface area contributed by atoms with Crippen molar-refractivity contribution in [1.29, 1.82) is 0 Å². The molecule has 10 amide bonds. The van der Waals surface area contributed by atoms with Gasteiger partial charge in [0.2, 0.25) is 17.6 Å². The van der Waals surface area contributed by atoms with Crippen LogP contribution in [0.5, 0.6) is 0 Å². The first-order chi connectivity index (χ1) is 45.6. The van der Waals surface area contributed by atoms with Crippen LogP contribution in [0.25, 0.3) is 0 Å². The van der Waals surface area contributed by atoms with Crippen LogP contribution in [0.4, 0.5) is 44.9 Å². The van der Waals surface area contributed by atoms with Crippen LogP contribution in [0.2, 0.25) is 5.02 Å². The van der Waals surface area contributed by atoms with Gasteiger partial charge in [-0.05, 0) is 108 Å². The predicted molar refractivity (Wildman–Crippen MR) is 366 cm³/mol. The highest BCUT2D eigenvalue weighted by Gasteiger charge is 2.25. The molecule has 0 bridgehead atoms. The Morgan fingerprint density at radius 3 is 1.19 bits per heavy atom. The number of aryl methyl sites for hydroxylation is 7. The lowest BCUT2D eigenvalue weighted by atomic mass is 10.3. The zero-order chi connectivity index (χ0) is 69.7. The molecule has 8 aromatic rings. The zero-order valence-electron chi connectivity index (χ0n) is 55.1. The highest BCUT2D eigenvalue weighted by Crippen LogP contribution is 2.31. The Bertz CT molecular complexity index is 4230. The number of halogens is 1. The van der Waals surface area contributed by atoms with Gasteiger partial charge in [0.25, 0.3) is 47.3 Å². The topological polar surface area (TPSA) is 370 Å². The van der Waals surface area contributed by atoms with Gasteiger partial charge in [0.05, 0.1) is 34.1 Å². The van der Waals surface area contributed by atoms with Gasteiger partial charge >= 0.3 is 0 Å². The van der Waals surface area contributed by atoms with Crippen molar-refractivity contribution in [2.24, 2.45) is 49.3 Å². The van der Waals surface area contributed by atoms with Gasteiger partial charge in [-0.3, -0.25) is 47.9 Å². The Morgan fingerprint density at radius 1 is 0.406 bits per heavy atom. The van der Waals surface area contributed by atoms with Crippen molar-refractivity contribution in [3.05, 3.63) is 130 Å². The molecule has 0 saturated heterocycles. The van der Waals surface area contributed by atoms with Gasteiger partial charge in [-0.25, -0.2) is 4.98 Å². The Hall–Kier alpha value is -10.8. The molecule has 510 valence electrons. The Balaban J connectivity index is 0.742. The molecule has 11 N–H and O–H groups in total. The molecule has 96 heavy (non-hydrogen) atoms. The SMILES string of the molecule is CN(C)CCCNC(=O)CCNC(=O)c1cc(NC(=O)c2cc(NC(=O)c3cc(NC(=O)c4nc(NC(=O)CCCNC(=O)c5cc(NC(=O)c6cc(NC(=O)c7cc(NC(=O)c8nsc(NCCCN(C)C)c8Cl)cn7C)cn6C)cn5C)cn4C)cn3C)cn2C)cn1C. The predicted octanol–water partition coefficient (Wildman–Crippen LogP) is 4.77. The molecule has 8 heterocycles. The fraction of sp³-hybridized carbons (Fsp3) is 0.355. The van der Waals surface area contributed by atoms with E-state index in [1.807, 2.05) is 33.1 Å². The number of imidazole rings is 1. The Labute approximate surface area is 561 Å². The largest absolute Gasteiger partial charge is 0.374 e. The van der Waals surface area contributed by atoms with Crippen LogP contribution in [-0.2, 0) is 58.9 Å². The lowest BCUT2D eigenvalue weighted by Gasteiger charge is -2.10. The molecule has 0 atom stereocenters. The smallest absolute Gasteiger partial charge is 0.291 e. The molecule has 0 aromatic carbocycles. The zero-order valence-corrected chi connectivity index (χ0v) is 56.6. The van der Waals surface area contributed by atoms with Crippen LogP contribution in [0.1, 0.15) is 116 Å². The number of aromatic nitrogens is 9. The maximum Gasteiger partial charge on any atom is 0.291 e. The number of hydrogen-bond donors (Lipinski definition) is 11. The molecule has 0 aliphatic carbocycles. The van der Waals surface area contributed by atoms with Crippen LogP contribution in [0.3, 0.4) is 0 Å². The minimum absolute atomic E-state index is 0.0116. The molecule has 8 aromatic heterocycles. The number of hydrogen-bond acceptors (Lipinski definition) is 16. The molecule has 34 heteroatoms. The van der Waals surface area contributed by atoms with Gasteiger partial charge in [0.1, 0.15) is 44.2 Å². The van der Waals surface area contributed by atoms with E-state index < -0.39 is 53.2 Å². The first-order valence-electron chi connectivity index (χ1n) is 30.3. The van der Waals surface area contributed by atoms with Gasteiger partial charge in [-0.2, -0.15) is 4.37 Å². The van der Waals surface area contributed by atoms with Gasteiger partial charge in [0.15, 0.2) is 11.5 Å². The molecular formula is C62H79ClN22O10S. The maximum absolute atomic E-state index is 13.5. The maximum atomic E-state index is 13.5. The minimum Gasteiger partial charge on any atom is -0.374 e. The van der Waals surface area contributed by atoms with Crippen LogP contribution in [-0.4, -0.2) is 178 Å². The van der Waals surface area contributed by atoms with E-state index in [0.29, 0.717) is 46.5 Å². The summed E-state index contributed by atoms with van der Waals surface area (Å²) in [6.07, 6.45) is 12.8. The standard InChI is InChI=1S/C62H79ClN22O10S/c1-77(2)21-13-18-64-49(86)16-20-66-55(89)43-24-37(30-80(43)6)69-57(91)45-26-39(32-82(45)8)71-59(93)47-28-41(34-84(47)10)73-61(95)53-75-48(35-85(53)11)74-50(87)15-12-17-65-54(88)42-23-36(29-79(42)5)68-56(90)44-25-38(31-81(44)7)70-58(92)46-27-40(33-83(46)9)72-60(94)52-51(63)62(96-76-52)67-19-14-22-78(3)4/h23-35,67H,12-22H2,1-11H3,(H,64,86)(H,65,88)(H,66,89)(H,68,90)(H,69,91)(H,70,92)(H,71,93)(H,72,94)(H,73,95)(H,74,87). The summed E-state index contributed by atoms with van der Waals surface area (Å²) in [6.45, 7) is 3.17. The number of rotatable bonds is 31. The fourth-order valence-electron chi connectivity index (χ4n) is 10.0. The van der Waals surface area contributed by atoms with E-state index in [4.69, 9.17) is 11.6 Å². The van der Waals surface area contributed by atoms with Gasteiger partial charge in [-0.15, -0.1) is 0 Å². The molecular weight excluding hydrogens is 1280 g/mol. The third kappa shape index (κ3) is 18.8. The van der Waals surface area contributed by atoms with Gasteiger partial charge < -0.3 is 100 Å². The van der Waals surface area contributed by atoms with Crippen molar-refractivity contribution in [1.82, 2.24) is 67.1 Å². The second kappa shape index (κ2) is 31.9. The summed E-state index contributed by atoms with van der Waals surface area (Å²) in [5.74, 6) is -4.68. The number of carbonyl (C=O) groups excluding carboxylic acids is 10. The third-order valence-electron chi connectivity index (χ3n) is 14.8. The molecule has 8 rings (SSSR count). The lowest BCUT2D eigenvalue weighted by Crippen LogP contribution is -2.32. The quantitative estimate of drug-likeness (QED) is 0.0261. The molecule has 0 unspecified atom stereocenters. The summed E-state index contributed by atoms with van der Waals surface area (Å²) < 4.78 is 14.8. The number of carbonyl (C=O) groups is 10. The number of amides is 10. The van der Waals surface area contributed by atoms with Gasteiger partial charge in [0, 0.05) is 132 Å². The van der Waals surface area contributed by atoms with E-state index in [9.17, 15) is 47.9 Å². The van der Waals surface area contributed by atoms with E-state index in [1.165, 1.54) is 76.2 Å². The average Bonchev–Trinajstić information content (AvgIpc) is 1.70. The first kappa shape index (κ1) is 71.1. The fourth-order valence-corrected chi connectivity index (χ4v) is 11.1. The van der Waals surface area contributed by atoms with Crippen molar-refractivity contribution in [3.8, 4) is 0 Å². The van der Waals surface area contributed by atoms with E-state index >= 15 is 0 Å². The van der Waals surface area contributed by atoms with Crippen molar-refractivity contribution in [2.45, 2.75) is 32.1 Å². The summed E-state index contributed by atoms with van der Waals surface area (Å²) in [5.41, 5.74) is 3.23. The molecule has 0 fully saturated rings. The van der Waals surface area contributed by atoms with Crippen LogP contribution >= 0.6 is 23.1 Å². The lowest BCUT2D eigenvalue weighted by molar-refractivity contribution is -0.121. The van der Waals surface area contributed by atoms with Crippen molar-refractivity contribution in [3.63, 3.8) is 0 Å². The second-order valence-electron chi connectivity index (χ2n) is 23.3. The van der Waals surface area contributed by atoms with Crippen LogP contribution in [0.15, 0.2) is 79.8 Å². The summed E-state index contributed by atoms with van der Waals surface area (Å²) >= 11 is 7.57. The molecule has 0 aliphatic rings. The monoisotopic (exact) mass is 1360 g/mol. The normalized spacial score (nSPS) is 11.1. The van der Waals surface area contributed by atoms with Crippen LogP contribution < -0.4 is 58.5 Å². The van der Waals surface area contributed by atoms with Crippen LogP contribution in [0, 0.1) is 0 Å². The van der Waals surface area contributed by atoms with Gasteiger partial charge in [-0.1, -0.05) is 11.6 Å². The summed E-state index contributed by atoms with van der Waals surface area (Å²) in [6, 6.07) is 8.95. The van der Waals surface area contributed by atoms with E-state index in [2.05, 4.69) is 72.7 Å². The van der Waals surface area contributed by atoms with Crippen molar-refractivity contribution in [2.75, 3.05) is 110 Å². The molecule has 32 nitrogen and oxygen atoms in total. The second-order valence-corrected chi connectivity index (χ2v) is 24.5. The minimum atomic E-state index is -0.633. The Kier molecular flexibility index (Phi) is 23.6. The summed E-state index contributed by atoms with van der Waals surface area (Å²) in [7, 11) is 19.3. The molecule has 0 spiro atoms. The number of nitrogens with one attached hydrogen (secondary N) is 11. The van der Waals surface area contributed by atoms with E-state index in [0.717, 1.165) is 37.5 Å². The van der Waals surface area contributed by atoms with Crippen molar-refractivity contribution >= 4 is 127 Å². The molecule has 0 saturated carbocycles. The summed E-state index contributed by atoms with van der Waals surface area (Å²) in [5, 5.41) is 31.6.